The summed E-state index contributed by atoms with van der Waals surface area (Å²) in [7, 11) is 0. The van der Waals surface area contributed by atoms with E-state index in [0.717, 1.165) is 6.42 Å². The Morgan fingerprint density at radius 3 is 2.16 bits per heavy atom. The van der Waals surface area contributed by atoms with Crippen molar-refractivity contribution in [3.05, 3.63) is 162 Å². The lowest BCUT2D eigenvalue weighted by Gasteiger charge is -2.25. The Kier molecular flexibility index (Phi) is 4.90. The zero-order chi connectivity index (χ0) is 29.9. The smallest absolute Gasteiger partial charge is 0.0541 e. The SMILES string of the molecule is CC1(C)c2ccc3ccccc3c2-c2cc(-c3ccc4c(c3)c3ccccc3n4-c3ccccc3)c3c(c21)-c1ccccc1C3. The minimum absolute atomic E-state index is 0.0954. The van der Waals surface area contributed by atoms with Crippen LogP contribution in [0.2, 0.25) is 0 Å². The number of hydrogen-bond donors (Lipinski definition) is 0. The van der Waals surface area contributed by atoms with Gasteiger partial charge in [0.2, 0.25) is 0 Å². The molecule has 0 N–H and O–H groups in total. The first-order valence-electron chi connectivity index (χ1n) is 16.0. The molecule has 10 rings (SSSR count). The molecule has 1 heteroatoms. The van der Waals surface area contributed by atoms with Crippen LogP contribution in [0.25, 0.3) is 71.6 Å². The molecule has 7 aromatic carbocycles. The lowest BCUT2D eigenvalue weighted by molar-refractivity contribution is 0.662. The first-order valence-corrected chi connectivity index (χ1v) is 16.0. The van der Waals surface area contributed by atoms with E-state index in [0.29, 0.717) is 0 Å². The summed E-state index contributed by atoms with van der Waals surface area (Å²) in [5.74, 6) is 0. The van der Waals surface area contributed by atoms with Crippen molar-refractivity contribution in [2.45, 2.75) is 25.7 Å². The Hall–Kier alpha value is -5.40. The third-order valence-electron chi connectivity index (χ3n) is 10.6. The second kappa shape index (κ2) is 8.83. The van der Waals surface area contributed by atoms with E-state index in [9.17, 15) is 0 Å². The van der Waals surface area contributed by atoms with Crippen LogP contribution in [0, 0.1) is 0 Å². The number of para-hydroxylation sites is 2. The van der Waals surface area contributed by atoms with Gasteiger partial charge in [-0.3, -0.25) is 0 Å². The molecule has 1 aromatic heterocycles. The zero-order valence-electron chi connectivity index (χ0n) is 25.4. The quantitative estimate of drug-likeness (QED) is 0.194. The Bertz CT molecular complexity index is 2530. The van der Waals surface area contributed by atoms with Gasteiger partial charge in [0.15, 0.2) is 0 Å². The molecule has 0 saturated carbocycles. The molecule has 0 aliphatic heterocycles. The maximum Gasteiger partial charge on any atom is 0.0541 e. The van der Waals surface area contributed by atoms with Crippen molar-refractivity contribution in [3.63, 3.8) is 0 Å². The van der Waals surface area contributed by atoms with E-state index >= 15 is 0 Å². The molecule has 45 heavy (non-hydrogen) atoms. The van der Waals surface area contributed by atoms with Crippen molar-refractivity contribution in [1.29, 1.82) is 0 Å². The van der Waals surface area contributed by atoms with Gasteiger partial charge in [0.1, 0.15) is 0 Å². The van der Waals surface area contributed by atoms with Gasteiger partial charge < -0.3 is 4.57 Å². The summed E-state index contributed by atoms with van der Waals surface area (Å²) in [6.07, 6.45) is 0.963. The van der Waals surface area contributed by atoms with Crippen molar-refractivity contribution in [2.75, 3.05) is 0 Å². The lowest BCUT2D eigenvalue weighted by Crippen LogP contribution is -2.16. The fraction of sp³-hybridized carbons (Fsp3) is 0.0909. The van der Waals surface area contributed by atoms with E-state index < -0.39 is 0 Å². The molecule has 0 bridgehead atoms. The van der Waals surface area contributed by atoms with Gasteiger partial charge in [-0.1, -0.05) is 117 Å². The molecule has 0 radical (unpaired) electrons. The highest BCUT2D eigenvalue weighted by Gasteiger charge is 2.42. The van der Waals surface area contributed by atoms with E-state index in [-0.39, 0.29) is 5.41 Å². The van der Waals surface area contributed by atoms with Gasteiger partial charge >= 0.3 is 0 Å². The van der Waals surface area contributed by atoms with E-state index in [1.54, 1.807) is 0 Å². The molecule has 8 aromatic rings. The molecule has 0 amide bonds. The van der Waals surface area contributed by atoms with Gasteiger partial charge in [-0.2, -0.15) is 0 Å². The van der Waals surface area contributed by atoms with E-state index in [1.165, 1.54) is 93.9 Å². The maximum absolute atomic E-state index is 2.54. The summed E-state index contributed by atoms with van der Waals surface area (Å²) in [6, 6.07) is 51.9. The van der Waals surface area contributed by atoms with E-state index in [1.807, 2.05) is 0 Å². The van der Waals surface area contributed by atoms with Gasteiger partial charge in [-0.25, -0.2) is 0 Å². The number of rotatable bonds is 2. The maximum atomic E-state index is 2.54. The second-order valence-corrected chi connectivity index (χ2v) is 13.3. The summed E-state index contributed by atoms with van der Waals surface area (Å²) < 4.78 is 2.41. The first kappa shape index (κ1) is 25.0. The highest BCUT2D eigenvalue weighted by molar-refractivity contribution is 6.11. The van der Waals surface area contributed by atoms with Crippen molar-refractivity contribution in [1.82, 2.24) is 4.57 Å². The van der Waals surface area contributed by atoms with Crippen molar-refractivity contribution < 1.29 is 0 Å². The van der Waals surface area contributed by atoms with Crippen LogP contribution in [-0.2, 0) is 11.8 Å². The average molecular weight is 574 g/mol. The Morgan fingerprint density at radius 2 is 1.27 bits per heavy atom. The average Bonchev–Trinajstić information content (AvgIpc) is 3.70. The first-order chi connectivity index (χ1) is 22.1. The van der Waals surface area contributed by atoms with E-state index in [4.69, 9.17) is 0 Å². The molecule has 0 saturated heterocycles. The van der Waals surface area contributed by atoms with Gasteiger partial charge in [0, 0.05) is 21.9 Å². The molecule has 2 aliphatic rings. The summed E-state index contributed by atoms with van der Waals surface area (Å²) in [6.45, 7) is 4.86. The predicted octanol–water partition coefficient (Wildman–Crippen LogP) is 11.5. The Balaban J connectivity index is 1.31. The number of aromatic nitrogens is 1. The zero-order valence-corrected chi connectivity index (χ0v) is 25.4. The number of nitrogens with zero attached hydrogens (tertiary/aromatic N) is 1. The standard InChI is InChI=1S/C44H31N/c1-44(2)38-22-20-27-12-6-8-16-31(27)41(38)37-26-34(36-25-28-13-7-9-17-32(28)42(36)43(37)44)29-21-23-40-35(24-29)33-18-10-11-19-39(33)45(40)30-14-4-3-5-15-30/h3-24,26H,25H2,1-2H3. The Labute approximate surface area is 263 Å². The van der Waals surface area contributed by atoms with Crippen molar-refractivity contribution in [2.24, 2.45) is 0 Å². The predicted molar refractivity (Wildman–Crippen MR) is 190 cm³/mol. The van der Waals surface area contributed by atoms with Gasteiger partial charge in [-0.05, 0) is 109 Å². The van der Waals surface area contributed by atoms with Crippen LogP contribution in [0.3, 0.4) is 0 Å². The second-order valence-electron chi connectivity index (χ2n) is 13.3. The highest BCUT2D eigenvalue weighted by Crippen LogP contribution is 2.58. The molecule has 0 atom stereocenters. The normalized spacial score (nSPS) is 14.1. The van der Waals surface area contributed by atoms with Crippen molar-refractivity contribution >= 4 is 32.6 Å². The van der Waals surface area contributed by atoms with E-state index in [2.05, 4.69) is 158 Å². The minimum atomic E-state index is -0.0954. The number of fused-ring (bicyclic) bond motifs is 12. The molecule has 1 heterocycles. The molecular formula is C44H31N. The van der Waals surface area contributed by atoms with Crippen molar-refractivity contribution in [3.8, 4) is 39.1 Å². The third kappa shape index (κ3) is 3.28. The Morgan fingerprint density at radius 1 is 0.533 bits per heavy atom. The summed E-state index contributed by atoms with van der Waals surface area (Å²) >= 11 is 0. The molecular weight excluding hydrogens is 542 g/mol. The summed E-state index contributed by atoms with van der Waals surface area (Å²) in [5.41, 5.74) is 17.7. The summed E-state index contributed by atoms with van der Waals surface area (Å²) in [5, 5.41) is 5.23. The molecule has 212 valence electrons. The molecule has 0 unspecified atom stereocenters. The largest absolute Gasteiger partial charge is 0.309 e. The molecule has 0 spiro atoms. The van der Waals surface area contributed by atoms with Crippen LogP contribution >= 0.6 is 0 Å². The number of hydrogen-bond acceptors (Lipinski definition) is 0. The van der Waals surface area contributed by atoms with Crippen LogP contribution in [0.5, 0.6) is 0 Å². The highest BCUT2D eigenvalue weighted by atomic mass is 15.0. The van der Waals surface area contributed by atoms with Gasteiger partial charge in [0.05, 0.1) is 11.0 Å². The van der Waals surface area contributed by atoms with Gasteiger partial charge in [0.25, 0.3) is 0 Å². The summed E-state index contributed by atoms with van der Waals surface area (Å²) in [4.78, 5) is 0. The number of benzene rings is 7. The fourth-order valence-corrected chi connectivity index (χ4v) is 8.63. The van der Waals surface area contributed by atoms with Crippen LogP contribution in [-0.4, -0.2) is 4.57 Å². The molecule has 0 fully saturated rings. The minimum Gasteiger partial charge on any atom is -0.309 e. The van der Waals surface area contributed by atoms with Crippen LogP contribution in [0.15, 0.2) is 140 Å². The molecule has 1 nitrogen and oxygen atoms in total. The monoisotopic (exact) mass is 573 g/mol. The topological polar surface area (TPSA) is 4.93 Å². The van der Waals surface area contributed by atoms with Crippen LogP contribution < -0.4 is 0 Å². The van der Waals surface area contributed by atoms with Crippen LogP contribution in [0.1, 0.15) is 36.1 Å². The fourth-order valence-electron chi connectivity index (χ4n) is 8.63. The molecule has 2 aliphatic carbocycles. The lowest BCUT2D eigenvalue weighted by atomic mass is 9.77. The van der Waals surface area contributed by atoms with Gasteiger partial charge in [-0.15, -0.1) is 0 Å². The van der Waals surface area contributed by atoms with Crippen LogP contribution in [0.4, 0.5) is 0 Å². The third-order valence-corrected chi connectivity index (χ3v) is 10.6.